The van der Waals surface area contributed by atoms with Gasteiger partial charge >= 0.3 is 6.61 Å². The fourth-order valence-electron chi connectivity index (χ4n) is 1.75. The second-order valence-corrected chi connectivity index (χ2v) is 3.79. The topological polar surface area (TPSA) is 48.1 Å². The molecular weight excluding hydrogens is 257 g/mol. The molecule has 2 rings (SSSR count). The minimum atomic E-state index is -2.96. The number of nitrogens with zero attached hydrogens (tertiary/aromatic N) is 1. The molecule has 1 aromatic heterocycles. The van der Waals surface area contributed by atoms with Crippen molar-refractivity contribution in [3.05, 3.63) is 59.7 Å². The highest BCUT2D eigenvalue weighted by molar-refractivity contribution is 5.41. The highest BCUT2D eigenvalue weighted by atomic mass is 19.3. The maximum Gasteiger partial charge on any atom is 0.387 e. The zero-order chi connectivity index (χ0) is 13.8. The van der Waals surface area contributed by atoms with Crippen molar-refractivity contribution in [3.8, 4) is 5.75 Å². The van der Waals surface area contributed by atoms with Crippen molar-refractivity contribution in [2.75, 3.05) is 0 Å². The Balaban J connectivity index is 2.39. The Morgan fingerprint density at radius 3 is 2.53 bits per heavy atom. The third-order valence-corrected chi connectivity index (χ3v) is 2.61. The van der Waals surface area contributed by atoms with Gasteiger partial charge < -0.3 is 10.5 Å². The van der Waals surface area contributed by atoms with Crippen molar-refractivity contribution in [2.45, 2.75) is 12.7 Å². The summed E-state index contributed by atoms with van der Waals surface area (Å²) in [6.45, 7) is -2.96. The average molecular weight is 268 g/mol. The Morgan fingerprint density at radius 1 is 1.11 bits per heavy atom. The van der Waals surface area contributed by atoms with Crippen LogP contribution in [-0.4, -0.2) is 11.6 Å². The van der Waals surface area contributed by atoms with Gasteiger partial charge in [0.1, 0.15) is 11.6 Å². The van der Waals surface area contributed by atoms with E-state index in [2.05, 4.69) is 9.72 Å². The normalized spacial score (nSPS) is 12.5. The van der Waals surface area contributed by atoms with E-state index in [1.165, 1.54) is 30.5 Å². The predicted octanol–water partition coefficient (Wildman–Crippen LogP) is 2.87. The molecule has 0 saturated carbocycles. The molecule has 2 aromatic rings. The number of hydrogen-bond donors (Lipinski definition) is 1. The van der Waals surface area contributed by atoms with Crippen LogP contribution < -0.4 is 10.5 Å². The molecule has 0 spiro atoms. The Kier molecular flexibility index (Phi) is 4.01. The summed E-state index contributed by atoms with van der Waals surface area (Å²) < 4.78 is 42.6. The minimum Gasteiger partial charge on any atom is -0.434 e. The first kappa shape index (κ1) is 13.4. The molecule has 6 heteroatoms. The first-order valence-electron chi connectivity index (χ1n) is 5.48. The number of pyridine rings is 1. The Bertz CT molecular complexity index is 563. The molecule has 1 atom stereocenters. The van der Waals surface area contributed by atoms with E-state index in [9.17, 15) is 13.2 Å². The van der Waals surface area contributed by atoms with E-state index in [4.69, 9.17) is 5.73 Å². The van der Waals surface area contributed by atoms with Crippen LogP contribution in [0.4, 0.5) is 13.2 Å². The van der Waals surface area contributed by atoms with E-state index in [0.717, 1.165) is 6.20 Å². The Hall–Kier alpha value is -2.08. The number of aromatic nitrogens is 1. The minimum absolute atomic E-state index is 0.0683. The summed E-state index contributed by atoms with van der Waals surface area (Å²) in [6, 6.07) is 6.53. The molecule has 0 aliphatic carbocycles. The van der Waals surface area contributed by atoms with Crippen molar-refractivity contribution in [3.63, 3.8) is 0 Å². The molecule has 0 fully saturated rings. The number of rotatable bonds is 4. The van der Waals surface area contributed by atoms with Gasteiger partial charge in [0.15, 0.2) is 0 Å². The van der Waals surface area contributed by atoms with E-state index in [1.807, 2.05) is 0 Å². The van der Waals surface area contributed by atoms with Crippen LogP contribution in [0.5, 0.6) is 5.75 Å². The van der Waals surface area contributed by atoms with Gasteiger partial charge in [-0.05, 0) is 12.1 Å². The average Bonchev–Trinajstić information content (AvgIpc) is 2.38. The lowest BCUT2D eigenvalue weighted by atomic mass is 9.99. The molecule has 1 aromatic carbocycles. The molecule has 1 unspecified atom stereocenters. The molecule has 0 aliphatic heterocycles. The van der Waals surface area contributed by atoms with Crippen molar-refractivity contribution in [1.29, 1.82) is 0 Å². The Morgan fingerprint density at radius 2 is 1.84 bits per heavy atom. The number of hydrogen-bond acceptors (Lipinski definition) is 3. The van der Waals surface area contributed by atoms with Crippen molar-refractivity contribution in [2.24, 2.45) is 5.73 Å². The second kappa shape index (κ2) is 5.71. The number of para-hydroxylation sites is 1. The fraction of sp³-hybridized carbons (Fsp3) is 0.154. The number of halogens is 3. The first-order valence-corrected chi connectivity index (χ1v) is 5.48. The summed E-state index contributed by atoms with van der Waals surface area (Å²) in [5.41, 5.74) is 6.35. The maximum atomic E-state index is 13.6. The molecule has 19 heavy (non-hydrogen) atoms. The van der Waals surface area contributed by atoms with Crippen LogP contribution in [0, 0.1) is 5.82 Å². The standard InChI is InChI=1S/C13H11F3N2O/c14-10-7-18-6-5-8(10)12(17)9-3-1-2-4-11(9)19-13(15)16/h1-7,12-13H,17H2. The molecule has 0 bridgehead atoms. The van der Waals surface area contributed by atoms with E-state index < -0.39 is 18.5 Å². The molecule has 0 amide bonds. The summed E-state index contributed by atoms with van der Waals surface area (Å²) in [7, 11) is 0. The van der Waals surface area contributed by atoms with Gasteiger partial charge in [0, 0.05) is 17.3 Å². The second-order valence-electron chi connectivity index (χ2n) is 3.79. The van der Waals surface area contributed by atoms with Gasteiger partial charge in [0.25, 0.3) is 0 Å². The smallest absolute Gasteiger partial charge is 0.387 e. The fourth-order valence-corrected chi connectivity index (χ4v) is 1.75. The van der Waals surface area contributed by atoms with Crippen LogP contribution in [-0.2, 0) is 0 Å². The van der Waals surface area contributed by atoms with E-state index in [0.29, 0.717) is 0 Å². The SMILES string of the molecule is NC(c1ccncc1F)c1ccccc1OC(F)F. The third-order valence-electron chi connectivity index (χ3n) is 2.61. The molecule has 2 N–H and O–H groups in total. The summed E-state index contributed by atoms with van der Waals surface area (Å²) in [4.78, 5) is 3.61. The van der Waals surface area contributed by atoms with Crippen LogP contribution in [0.3, 0.4) is 0 Å². The molecular formula is C13H11F3N2O. The van der Waals surface area contributed by atoms with Crippen LogP contribution in [0.2, 0.25) is 0 Å². The largest absolute Gasteiger partial charge is 0.434 e. The van der Waals surface area contributed by atoms with Crippen LogP contribution >= 0.6 is 0 Å². The lowest BCUT2D eigenvalue weighted by Gasteiger charge is -2.17. The van der Waals surface area contributed by atoms with Gasteiger partial charge in [0.05, 0.1) is 12.2 Å². The number of benzene rings is 1. The monoisotopic (exact) mass is 268 g/mol. The summed E-state index contributed by atoms with van der Waals surface area (Å²) in [5.74, 6) is -0.664. The van der Waals surface area contributed by atoms with Gasteiger partial charge in [-0.15, -0.1) is 0 Å². The summed E-state index contributed by atoms with van der Waals surface area (Å²) >= 11 is 0. The predicted molar refractivity (Wildman–Crippen MR) is 63.3 cm³/mol. The highest BCUT2D eigenvalue weighted by Crippen LogP contribution is 2.30. The third kappa shape index (κ3) is 3.03. The quantitative estimate of drug-likeness (QED) is 0.927. The molecule has 0 radical (unpaired) electrons. The van der Waals surface area contributed by atoms with Crippen molar-refractivity contribution in [1.82, 2.24) is 4.98 Å². The summed E-state index contributed by atoms with van der Waals surface area (Å²) in [6.07, 6.45) is 2.40. The lowest BCUT2D eigenvalue weighted by molar-refractivity contribution is -0.0505. The Labute approximate surface area is 107 Å². The van der Waals surface area contributed by atoms with Crippen molar-refractivity contribution < 1.29 is 17.9 Å². The number of alkyl halides is 2. The van der Waals surface area contributed by atoms with Gasteiger partial charge in [-0.3, -0.25) is 4.98 Å². The van der Waals surface area contributed by atoms with E-state index in [-0.39, 0.29) is 16.9 Å². The van der Waals surface area contributed by atoms with Crippen molar-refractivity contribution >= 4 is 0 Å². The molecule has 100 valence electrons. The van der Waals surface area contributed by atoms with Crippen LogP contribution in [0.25, 0.3) is 0 Å². The first-order chi connectivity index (χ1) is 9.09. The van der Waals surface area contributed by atoms with Crippen LogP contribution in [0.15, 0.2) is 42.7 Å². The van der Waals surface area contributed by atoms with Gasteiger partial charge in [0.2, 0.25) is 0 Å². The molecule has 1 heterocycles. The lowest BCUT2D eigenvalue weighted by Crippen LogP contribution is -2.16. The van der Waals surface area contributed by atoms with Gasteiger partial charge in [-0.2, -0.15) is 8.78 Å². The van der Waals surface area contributed by atoms with Crippen LogP contribution in [0.1, 0.15) is 17.2 Å². The highest BCUT2D eigenvalue weighted by Gasteiger charge is 2.18. The van der Waals surface area contributed by atoms with Gasteiger partial charge in [-0.25, -0.2) is 4.39 Å². The maximum absolute atomic E-state index is 13.6. The number of ether oxygens (including phenoxy) is 1. The summed E-state index contributed by atoms with van der Waals surface area (Å²) in [5, 5.41) is 0. The molecule has 3 nitrogen and oxygen atoms in total. The zero-order valence-corrected chi connectivity index (χ0v) is 9.76. The van der Waals surface area contributed by atoms with E-state index in [1.54, 1.807) is 6.07 Å². The van der Waals surface area contributed by atoms with E-state index >= 15 is 0 Å². The zero-order valence-electron chi connectivity index (χ0n) is 9.76. The molecule has 0 saturated heterocycles. The number of nitrogens with two attached hydrogens (primary N) is 1. The molecule has 0 aliphatic rings. The van der Waals surface area contributed by atoms with Gasteiger partial charge in [-0.1, -0.05) is 18.2 Å².